The van der Waals surface area contributed by atoms with E-state index in [1.54, 1.807) is 18.2 Å². The quantitative estimate of drug-likeness (QED) is 0.253. The maximum absolute atomic E-state index is 10.5. The minimum Gasteiger partial charge on any atom is -0.454 e. The third kappa shape index (κ3) is 3.29. The molecular weight excluding hydrogens is 410 g/mol. The van der Waals surface area contributed by atoms with Gasteiger partial charge in [0.15, 0.2) is 34.7 Å². The van der Waals surface area contributed by atoms with Crippen LogP contribution in [0.25, 0.3) is 11.2 Å². The molecule has 0 radical (unpaired) electrons. The lowest BCUT2D eigenvalue weighted by atomic mass is 10.1. The van der Waals surface area contributed by atoms with Crippen LogP contribution in [0.4, 0.5) is 11.8 Å². The van der Waals surface area contributed by atoms with Gasteiger partial charge in [0, 0.05) is 0 Å². The van der Waals surface area contributed by atoms with Crippen molar-refractivity contribution in [1.82, 2.24) is 19.5 Å². The van der Waals surface area contributed by atoms with Crippen molar-refractivity contribution in [2.24, 2.45) is 5.10 Å². The van der Waals surface area contributed by atoms with Crippen LogP contribution in [0.5, 0.6) is 11.5 Å². The van der Waals surface area contributed by atoms with E-state index in [1.807, 2.05) is 0 Å². The van der Waals surface area contributed by atoms with Gasteiger partial charge in [-0.05, 0) is 23.8 Å². The van der Waals surface area contributed by atoms with Gasteiger partial charge in [0.2, 0.25) is 12.7 Å². The van der Waals surface area contributed by atoms with Crippen molar-refractivity contribution in [2.45, 2.75) is 24.5 Å². The highest BCUT2D eigenvalue weighted by Gasteiger charge is 2.45. The number of imidazole rings is 1. The molecule has 2 aliphatic heterocycles. The third-order valence-electron chi connectivity index (χ3n) is 5.05. The molecule has 6 N–H and O–H groups in total. The standard InChI is InChI=1S/C18H19N7O6/c19-15-12-16(21-6-20-15)25(17-14(28)13(27)11(5-26)31-17)18(23-12)24-22-4-8-1-2-9-10(3-8)30-7-29-9/h1-4,6,11,13-14,17,26-28H,5,7H2,(H,23,24)(H2,19,20,21)/t11-,13-,14-,17-/m0/s1. The number of hydrogen-bond acceptors (Lipinski definition) is 12. The highest BCUT2D eigenvalue weighted by Crippen LogP contribution is 2.35. The molecule has 4 atom stereocenters. The first-order chi connectivity index (χ1) is 15.1. The summed E-state index contributed by atoms with van der Waals surface area (Å²) < 4.78 is 17.7. The smallest absolute Gasteiger partial charge is 0.231 e. The van der Waals surface area contributed by atoms with Crippen molar-refractivity contribution in [3.8, 4) is 11.5 Å². The van der Waals surface area contributed by atoms with Gasteiger partial charge in [-0.15, -0.1) is 0 Å². The van der Waals surface area contributed by atoms with Crippen LogP contribution in [0.3, 0.4) is 0 Å². The average molecular weight is 429 g/mol. The van der Waals surface area contributed by atoms with Crippen molar-refractivity contribution in [1.29, 1.82) is 0 Å². The fourth-order valence-electron chi connectivity index (χ4n) is 3.50. The van der Waals surface area contributed by atoms with Crippen LogP contribution in [-0.2, 0) is 4.74 Å². The second-order valence-electron chi connectivity index (χ2n) is 6.95. The topological polar surface area (TPSA) is 182 Å². The first-order valence-electron chi connectivity index (χ1n) is 9.36. The number of hydrazone groups is 1. The molecule has 0 spiro atoms. The van der Waals surface area contributed by atoms with E-state index >= 15 is 0 Å². The van der Waals surface area contributed by atoms with E-state index < -0.39 is 31.1 Å². The Balaban J connectivity index is 1.48. The van der Waals surface area contributed by atoms with Gasteiger partial charge in [-0.2, -0.15) is 5.10 Å². The Morgan fingerprint density at radius 3 is 2.87 bits per heavy atom. The zero-order chi connectivity index (χ0) is 21.5. The summed E-state index contributed by atoms with van der Waals surface area (Å²) in [5.41, 5.74) is 9.97. The highest BCUT2D eigenvalue weighted by molar-refractivity contribution is 5.85. The maximum Gasteiger partial charge on any atom is 0.231 e. The summed E-state index contributed by atoms with van der Waals surface area (Å²) in [6.45, 7) is -0.297. The molecule has 0 bridgehead atoms. The first-order valence-corrected chi connectivity index (χ1v) is 9.36. The molecule has 4 heterocycles. The maximum atomic E-state index is 10.5. The van der Waals surface area contributed by atoms with Crippen molar-refractivity contribution in [3.63, 3.8) is 0 Å². The molecule has 31 heavy (non-hydrogen) atoms. The van der Waals surface area contributed by atoms with Crippen LogP contribution in [0.1, 0.15) is 11.8 Å². The van der Waals surface area contributed by atoms with Crippen molar-refractivity contribution < 1.29 is 29.5 Å². The largest absolute Gasteiger partial charge is 0.454 e. The van der Waals surface area contributed by atoms with Gasteiger partial charge in [-0.1, -0.05) is 0 Å². The molecule has 1 fully saturated rings. The molecule has 0 aliphatic carbocycles. The minimum absolute atomic E-state index is 0.123. The number of aliphatic hydroxyl groups excluding tert-OH is 3. The van der Waals surface area contributed by atoms with Gasteiger partial charge in [-0.25, -0.2) is 20.4 Å². The summed E-state index contributed by atoms with van der Waals surface area (Å²) in [5, 5.41) is 34.2. The zero-order valence-electron chi connectivity index (χ0n) is 16.0. The van der Waals surface area contributed by atoms with E-state index in [9.17, 15) is 15.3 Å². The Hall–Kier alpha value is -3.52. The fraction of sp³-hybridized carbons (Fsp3) is 0.333. The summed E-state index contributed by atoms with van der Waals surface area (Å²) in [4.78, 5) is 12.5. The van der Waals surface area contributed by atoms with Gasteiger partial charge in [0.1, 0.15) is 24.6 Å². The fourth-order valence-corrected chi connectivity index (χ4v) is 3.50. The van der Waals surface area contributed by atoms with E-state index in [0.717, 1.165) is 5.56 Å². The van der Waals surface area contributed by atoms with Crippen LogP contribution in [0.2, 0.25) is 0 Å². The second kappa shape index (κ2) is 7.63. The Morgan fingerprint density at radius 1 is 1.23 bits per heavy atom. The SMILES string of the molecule is Nc1ncnc2c1nc(NN=Cc1ccc3c(c1)OCO3)n2[C@H]1O[C@@H](CO)[C@H](O)[C@@H]1O. The van der Waals surface area contributed by atoms with E-state index in [1.165, 1.54) is 17.1 Å². The van der Waals surface area contributed by atoms with Crippen LogP contribution < -0.4 is 20.6 Å². The molecule has 0 unspecified atom stereocenters. The predicted molar refractivity (Wildman–Crippen MR) is 107 cm³/mol. The molecule has 5 rings (SSSR count). The van der Waals surface area contributed by atoms with Crippen molar-refractivity contribution in [2.75, 3.05) is 24.6 Å². The van der Waals surface area contributed by atoms with Gasteiger partial charge < -0.3 is 35.3 Å². The lowest BCUT2D eigenvalue weighted by Gasteiger charge is -2.18. The Labute approximate surface area is 174 Å². The molecule has 1 saturated heterocycles. The number of ether oxygens (including phenoxy) is 3. The van der Waals surface area contributed by atoms with Gasteiger partial charge >= 0.3 is 0 Å². The average Bonchev–Trinajstić information content (AvgIpc) is 3.45. The van der Waals surface area contributed by atoms with Crippen molar-refractivity contribution >= 4 is 29.1 Å². The summed E-state index contributed by atoms with van der Waals surface area (Å²) in [5.74, 6) is 1.54. The number of fused-ring (bicyclic) bond motifs is 2. The molecule has 2 aliphatic rings. The molecule has 2 aromatic heterocycles. The molecule has 13 nitrogen and oxygen atoms in total. The second-order valence-corrected chi connectivity index (χ2v) is 6.95. The van der Waals surface area contributed by atoms with Gasteiger partial charge in [0.25, 0.3) is 0 Å². The van der Waals surface area contributed by atoms with E-state index in [-0.39, 0.29) is 29.7 Å². The minimum atomic E-state index is -1.34. The molecular formula is C18H19N7O6. The molecule has 3 aromatic rings. The van der Waals surface area contributed by atoms with Gasteiger partial charge in [-0.3, -0.25) is 4.57 Å². The number of nitrogen functional groups attached to an aromatic ring is 1. The number of nitrogens with zero attached hydrogens (tertiary/aromatic N) is 5. The lowest BCUT2D eigenvalue weighted by molar-refractivity contribution is -0.0501. The van der Waals surface area contributed by atoms with Crippen LogP contribution >= 0.6 is 0 Å². The summed E-state index contributed by atoms with van der Waals surface area (Å²) in [6, 6.07) is 5.34. The predicted octanol–water partition coefficient (Wildman–Crippen LogP) is -0.805. The molecule has 0 amide bonds. The summed E-state index contributed by atoms with van der Waals surface area (Å²) >= 11 is 0. The van der Waals surface area contributed by atoms with Crippen LogP contribution in [0, 0.1) is 0 Å². The number of nitrogens with one attached hydrogen (secondary N) is 1. The zero-order valence-corrected chi connectivity index (χ0v) is 16.0. The van der Waals surface area contributed by atoms with Gasteiger partial charge in [0.05, 0.1) is 12.8 Å². The first kappa shape index (κ1) is 19.4. The number of benzene rings is 1. The van der Waals surface area contributed by atoms with Crippen molar-refractivity contribution in [3.05, 3.63) is 30.1 Å². The van der Waals surface area contributed by atoms with Crippen LogP contribution in [0.15, 0.2) is 29.6 Å². The molecule has 0 saturated carbocycles. The normalized spacial score (nSPS) is 25.0. The number of aliphatic hydroxyl groups is 3. The Morgan fingerprint density at radius 2 is 2.06 bits per heavy atom. The highest BCUT2D eigenvalue weighted by atomic mass is 16.7. The molecule has 13 heteroatoms. The number of hydrogen-bond donors (Lipinski definition) is 5. The number of aromatic nitrogens is 4. The van der Waals surface area contributed by atoms with E-state index in [2.05, 4.69) is 25.5 Å². The Bertz CT molecular complexity index is 1150. The third-order valence-corrected chi connectivity index (χ3v) is 5.05. The summed E-state index contributed by atoms with van der Waals surface area (Å²) in [7, 11) is 0. The molecule has 1 aromatic carbocycles. The van der Waals surface area contributed by atoms with Crippen LogP contribution in [-0.4, -0.2) is 72.8 Å². The molecule has 162 valence electrons. The Kier molecular flexibility index (Phi) is 4.78. The number of rotatable bonds is 5. The van der Waals surface area contributed by atoms with E-state index in [0.29, 0.717) is 11.5 Å². The number of anilines is 2. The summed E-state index contributed by atoms with van der Waals surface area (Å²) in [6.07, 6.45) is -1.91. The monoisotopic (exact) mass is 429 g/mol. The lowest BCUT2D eigenvalue weighted by Crippen LogP contribution is -2.33. The van der Waals surface area contributed by atoms with E-state index in [4.69, 9.17) is 19.9 Å². The number of nitrogens with two attached hydrogens (primary N) is 1.